The molecule has 9 nitrogen and oxygen atoms in total. The van der Waals surface area contributed by atoms with E-state index >= 15 is 0 Å². The quantitative estimate of drug-likeness (QED) is 0.587. The zero-order valence-corrected chi connectivity index (χ0v) is 17.4. The van der Waals surface area contributed by atoms with Crippen molar-refractivity contribution in [1.29, 1.82) is 0 Å². The summed E-state index contributed by atoms with van der Waals surface area (Å²) in [6.45, 7) is 1.79. The smallest absolute Gasteiger partial charge is 0.307 e. The summed E-state index contributed by atoms with van der Waals surface area (Å²) in [5.41, 5.74) is -0.0393. The van der Waals surface area contributed by atoms with E-state index in [9.17, 15) is 22.4 Å². The molecule has 1 amide bonds. The highest BCUT2D eigenvalue weighted by atomic mass is 32.2. The molecule has 0 radical (unpaired) electrons. The van der Waals surface area contributed by atoms with Crippen LogP contribution in [0.1, 0.15) is 13.3 Å². The number of sulfonamides is 1. The van der Waals surface area contributed by atoms with Gasteiger partial charge in [0.25, 0.3) is 5.91 Å². The monoisotopic (exact) mass is 452 g/mol. The predicted molar refractivity (Wildman–Crippen MR) is 108 cm³/mol. The van der Waals surface area contributed by atoms with Crippen LogP contribution in [0, 0.1) is 5.82 Å². The molecule has 2 aromatic rings. The molecule has 0 saturated carbocycles. The molecule has 0 unspecified atom stereocenters. The van der Waals surface area contributed by atoms with Crippen molar-refractivity contribution in [2.24, 2.45) is 0 Å². The number of para-hydroxylation sites is 1. The lowest BCUT2D eigenvalue weighted by molar-refractivity contribution is -0.152. The van der Waals surface area contributed by atoms with E-state index in [0.29, 0.717) is 24.7 Å². The highest BCUT2D eigenvalue weighted by Gasteiger charge is 2.21. The fourth-order valence-corrected chi connectivity index (χ4v) is 3.72. The Bertz CT molecular complexity index is 1070. The average Bonchev–Trinajstić information content (AvgIpc) is 2.74. The van der Waals surface area contributed by atoms with E-state index in [1.165, 1.54) is 43.3 Å². The Morgan fingerprint density at radius 2 is 1.84 bits per heavy atom. The molecule has 31 heavy (non-hydrogen) atoms. The van der Waals surface area contributed by atoms with Gasteiger partial charge in [0.05, 0.1) is 17.0 Å². The van der Waals surface area contributed by atoms with Crippen LogP contribution in [0.3, 0.4) is 0 Å². The molecule has 3 rings (SSSR count). The van der Waals surface area contributed by atoms with Crippen molar-refractivity contribution >= 4 is 27.6 Å². The Hall–Kier alpha value is -3.18. The number of anilines is 1. The lowest BCUT2D eigenvalue weighted by Gasteiger charge is -2.19. The number of fused-ring (bicyclic) bond motifs is 1. The normalized spacial score (nSPS) is 13.9. The van der Waals surface area contributed by atoms with Crippen LogP contribution in [0.15, 0.2) is 47.4 Å². The maximum Gasteiger partial charge on any atom is 0.307 e. The summed E-state index contributed by atoms with van der Waals surface area (Å²) in [5.74, 6) is -1.35. The molecule has 0 saturated heterocycles. The average molecular weight is 452 g/mol. The number of carbonyl (C=O) groups excluding carboxylic acids is 2. The van der Waals surface area contributed by atoms with Gasteiger partial charge in [-0.1, -0.05) is 12.1 Å². The molecule has 0 bridgehead atoms. The maximum absolute atomic E-state index is 13.6. The zero-order chi connectivity index (χ0) is 22.4. The van der Waals surface area contributed by atoms with Crippen molar-refractivity contribution in [3.05, 3.63) is 48.3 Å². The SMILES string of the molecule is C[C@@H](OC(=O)CCNS(=O)(=O)c1ccc2c(c1)OCCO2)C(=O)Nc1ccccc1F. The highest BCUT2D eigenvalue weighted by Crippen LogP contribution is 2.32. The number of rotatable bonds is 8. The van der Waals surface area contributed by atoms with Crippen molar-refractivity contribution in [3.63, 3.8) is 0 Å². The third-order valence-corrected chi connectivity index (χ3v) is 5.71. The molecule has 2 N–H and O–H groups in total. The number of benzene rings is 2. The number of carbonyl (C=O) groups is 2. The molecule has 0 fully saturated rings. The van der Waals surface area contributed by atoms with Gasteiger partial charge in [-0.2, -0.15) is 0 Å². The first kappa shape index (κ1) is 22.5. The molecular weight excluding hydrogens is 431 g/mol. The van der Waals surface area contributed by atoms with Crippen molar-refractivity contribution < 1.29 is 36.6 Å². The Morgan fingerprint density at radius 1 is 1.13 bits per heavy atom. The van der Waals surface area contributed by atoms with Gasteiger partial charge in [0.2, 0.25) is 10.0 Å². The number of nitrogens with one attached hydrogen (secondary N) is 2. The van der Waals surface area contributed by atoms with Gasteiger partial charge < -0.3 is 19.5 Å². The summed E-state index contributed by atoms with van der Waals surface area (Å²) in [6, 6.07) is 9.76. The second-order valence-electron chi connectivity index (χ2n) is 6.55. The standard InChI is InChI=1S/C20H21FN2O7S/c1-13(20(25)23-16-5-3-2-4-15(16)21)30-19(24)8-9-22-31(26,27)14-6-7-17-18(12-14)29-11-10-28-17/h2-7,12-13,22H,8-11H2,1H3,(H,23,25)/t13-/m1/s1. The van der Waals surface area contributed by atoms with Crippen LogP contribution in [-0.2, 0) is 24.3 Å². The van der Waals surface area contributed by atoms with E-state index in [4.69, 9.17) is 14.2 Å². The molecule has 166 valence electrons. The summed E-state index contributed by atoms with van der Waals surface area (Å²) in [7, 11) is -3.89. The second kappa shape index (κ2) is 9.75. The Morgan fingerprint density at radius 3 is 2.58 bits per heavy atom. The van der Waals surface area contributed by atoms with E-state index in [1.54, 1.807) is 6.07 Å². The maximum atomic E-state index is 13.6. The van der Waals surface area contributed by atoms with Crippen molar-refractivity contribution in [1.82, 2.24) is 4.72 Å². The van der Waals surface area contributed by atoms with Gasteiger partial charge in [-0.05, 0) is 31.2 Å². The van der Waals surface area contributed by atoms with Crippen LogP contribution >= 0.6 is 0 Å². The van der Waals surface area contributed by atoms with E-state index in [1.807, 2.05) is 0 Å². The molecule has 1 heterocycles. The number of hydrogen-bond acceptors (Lipinski definition) is 7. The van der Waals surface area contributed by atoms with Gasteiger partial charge in [0, 0.05) is 12.6 Å². The number of esters is 1. The van der Waals surface area contributed by atoms with Gasteiger partial charge >= 0.3 is 5.97 Å². The van der Waals surface area contributed by atoms with E-state index in [-0.39, 0.29) is 23.5 Å². The van der Waals surface area contributed by atoms with Crippen LogP contribution in [0.5, 0.6) is 11.5 Å². The topological polar surface area (TPSA) is 120 Å². The molecule has 0 aliphatic carbocycles. The minimum atomic E-state index is -3.89. The number of amides is 1. The molecule has 11 heteroatoms. The lowest BCUT2D eigenvalue weighted by atomic mass is 10.3. The summed E-state index contributed by atoms with van der Waals surface area (Å²) in [4.78, 5) is 24.0. The molecule has 1 aliphatic rings. The Labute approximate surface area is 178 Å². The zero-order valence-electron chi connectivity index (χ0n) is 16.6. The largest absolute Gasteiger partial charge is 0.486 e. The second-order valence-corrected chi connectivity index (χ2v) is 8.32. The van der Waals surface area contributed by atoms with Gasteiger partial charge in [0.15, 0.2) is 17.6 Å². The lowest BCUT2D eigenvalue weighted by Crippen LogP contribution is -2.32. The molecule has 1 aliphatic heterocycles. The van der Waals surface area contributed by atoms with Crippen LogP contribution in [0.25, 0.3) is 0 Å². The predicted octanol–water partition coefficient (Wildman–Crippen LogP) is 1.84. The van der Waals surface area contributed by atoms with Gasteiger partial charge in [-0.3, -0.25) is 9.59 Å². The first-order chi connectivity index (χ1) is 14.8. The van der Waals surface area contributed by atoms with E-state index in [2.05, 4.69) is 10.0 Å². The molecule has 2 aromatic carbocycles. The minimum Gasteiger partial charge on any atom is -0.486 e. The minimum absolute atomic E-state index is 0.0391. The highest BCUT2D eigenvalue weighted by molar-refractivity contribution is 7.89. The van der Waals surface area contributed by atoms with Crippen molar-refractivity contribution in [2.75, 3.05) is 25.1 Å². The summed E-state index contributed by atoms with van der Waals surface area (Å²) in [5, 5.41) is 2.32. The van der Waals surface area contributed by atoms with Crippen molar-refractivity contribution in [3.8, 4) is 11.5 Å². The fourth-order valence-electron chi connectivity index (χ4n) is 2.67. The fraction of sp³-hybridized carbons (Fsp3) is 0.300. The molecule has 1 atom stereocenters. The van der Waals surface area contributed by atoms with Crippen LogP contribution in [0.2, 0.25) is 0 Å². The number of hydrogen-bond donors (Lipinski definition) is 2. The van der Waals surface area contributed by atoms with Gasteiger partial charge in [-0.15, -0.1) is 0 Å². The molecule has 0 spiro atoms. The third kappa shape index (κ3) is 5.92. The Kier molecular flexibility index (Phi) is 7.08. The molecular formula is C20H21FN2O7S. The van der Waals surface area contributed by atoms with E-state index in [0.717, 1.165) is 0 Å². The van der Waals surface area contributed by atoms with Crippen LogP contribution in [-0.4, -0.2) is 46.2 Å². The summed E-state index contributed by atoms with van der Waals surface area (Å²) < 4.78 is 56.4. The van der Waals surface area contributed by atoms with E-state index < -0.39 is 33.8 Å². The number of halogens is 1. The first-order valence-electron chi connectivity index (χ1n) is 9.40. The van der Waals surface area contributed by atoms with Crippen LogP contribution in [0.4, 0.5) is 10.1 Å². The number of ether oxygens (including phenoxy) is 3. The van der Waals surface area contributed by atoms with Gasteiger partial charge in [-0.25, -0.2) is 17.5 Å². The third-order valence-electron chi connectivity index (χ3n) is 4.25. The summed E-state index contributed by atoms with van der Waals surface area (Å²) in [6.07, 6.45) is -1.50. The van der Waals surface area contributed by atoms with Crippen molar-refractivity contribution in [2.45, 2.75) is 24.3 Å². The van der Waals surface area contributed by atoms with Crippen LogP contribution < -0.4 is 19.5 Å². The first-order valence-corrected chi connectivity index (χ1v) is 10.9. The molecule has 0 aromatic heterocycles. The Balaban J connectivity index is 1.48. The summed E-state index contributed by atoms with van der Waals surface area (Å²) >= 11 is 0. The van der Waals surface area contributed by atoms with Gasteiger partial charge in [0.1, 0.15) is 19.0 Å².